The molecule has 2 rings (SSSR count). The van der Waals surface area contributed by atoms with Crippen LogP contribution in [-0.4, -0.2) is 35.1 Å². The van der Waals surface area contributed by atoms with Crippen LogP contribution in [0.4, 0.5) is 0 Å². The second-order valence-electron chi connectivity index (χ2n) is 5.57. The molecule has 112 valence electrons. The molecule has 0 unspecified atom stereocenters. The first kappa shape index (κ1) is 15.0. The van der Waals surface area contributed by atoms with Gasteiger partial charge in [0.05, 0.1) is 11.8 Å². The summed E-state index contributed by atoms with van der Waals surface area (Å²) in [7, 11) is 1.67. The molecule has 1 aromatic rings. The van der Waals surface area contributed by atoms with Gasteiger partial charge in [0.2, 0.25) is 0 Å². The van der Waals surface area contributed by atoms with Crippen molar-refractivity contribution in [3.8, 4) is 0 Å². The van der Waals surface area contributed by atoms with Crippen LogP contribution >= 0.6 is 0 Å². The maximum absolute atomic E-state index is 12.3. The summed E-state index contributed by atoms with van der Waals surface area (Å²) >= 11 is 0. The lowest BCUT2D eigenvalue weighted by Crippen LogP contribution is -2.28. The zero-order valence-corrected chi connectivity index (χ0v) is 12.8. The zero-order chi connectivity index (χ0) is 14.7. The smallest absolute Gasteiger partial charge is 0.356 e. The Morgan fingerprint density at radius 1 is 1.45 bits per heavy atom. The fourth-order valence-electron chi connectivity index (χ4n) is 2.62. The Bertz CT molecular complexity index is 468. The summed E-state index contributed by atoms with van der Waals surface area (Å²) in [5, 5.41) is 4.45. The van der Waals surface area contributed by atoms with Crippen molar-refractivity contribution in [3.05, 3.63) is 17.5 Å². The third kappa shape index (κ3) is 3.03. The Kier molecular flexibility index (Phi) is 4.81. The van der Waals surface area contributed by atoms with E-state index in [2.05, 4.69) is 18.9 Å². The number of hydrogen-bond acceptors (Lipinski definition) is 4. The van der Waals surface area contributed by atoms with E-state index >= 15 is 0 Å². The molecular formula is C15H24N2O3. The van der Waals surface area contributed by atoms with Gasteiger partial charge in [0.1, 0.15) is 11.8 Å². The summed E-state index contributed by atoms with van der Waals surface area (Å²) < 4.78 is 12.7. The second-order valence-corrected chi connectivity index (χ2v) is 5.57. The third-order valence-corrected chi connectivity index (χ3v) is 3.85. The number of aryl methyl sites for hydroxylation is 1. The lowest BCUT2D eigenvalue weighted by Gasteiger charge is -2.18. The van der Waals surface area contributed by atoms with Crippen LogP contribution in [0.2, 0.25) is 0 Å². The van der Waals surface area contributed by atoms with Crippen LogP contribution in [0.25, 0.3) is 0 Å². The molecule has 0 spiro atoms. The first-order chi connectivity index (χ1) is 9.56. The number of rotatable bonds is 5. The van der Waals surface area contributed by atoms with Gasteiger partial charge in [-0.2, -0.15) is 5.10 Å². The van der Waals surface area contributed by atoms with Gasteiger partial charge in [-0.1, -0.05) is 13.8 Å². The highest BCUT2D eigenvalue weighted by atomic mass is 16.6. The molecule has 0 radical (unpaired) electrons. The van der Waals surface area contributed by atoms with Crippen LogP contribution in [0.1, 0.15) is 62.1 Å². The van der Waals surface area contributed by atoms with Gasteiger partial charge < -0.3 is 9.47 Å². The standard InChI is InChI=1S/C15H24N2O3/c1-5-17-12(9-11(16-17)10(2)3)15(18)20-14-8-6-7-13(14)19-4/h9-10,13-14H,5-8H2,1-4H3/t13-,14-/m1/s1. The largest absolute Gasteiger partial charge is 0.455 e. The minimum Gasteiger partial charge on any atom is -0.455 e. The first-order valence-corrected chi connectivity index (χ1v) is 7.38. The number of hydrogen-bond donors (Lipinski definition) is 0. The Labute approximate surface area is 120 Å². The van der Waals surface area contributed by atoms with E-state index in [4.69, 9.17) is 9.47 Å². The molecule has 0 amide bonds. The molecule has 2 atom stereocenters. The predicted octanol–water partition coefficient (Wildman–Crippen LogP) is 2.75. The van der Waals surface area contributed by atoms with E-state index in [0.29, 0.717) is 18.2 Å². The van der Waals surface area contributed by atoms with Crippen LogP contribution in [0, 0.1) is 0 Å². The van der Waals surface area contributed by atoms with Gasteiger partial charge in [0.25, 0.3) is 0 Å². The quantitative estimate of drug-likeness (QED) is 0.778. The molecule has 1 aromatic heterocycles. The number of ether oxygens (including phenoxy) is 2. The topological polar surface area (TPSA) is 53.4 Å². The van der Waals surface area contributed by atoms with Crippen molar-refractivity contribution in [2.24, 2.45) is 0 Å². The van der Waals surface area contributed by atoms with E-state index < -0.39 is 0 Å². The molecule has 1 aliphatic carbocycles. The van der Waals surface area contributed by atoms with Crippen LogP contribution < -0.4 is 0 Å². The predicted molar refractivity (Wildman–Crippen MR) is 75.8 cm³/mol. The molecule has 5 heteroatoms. The summed E-state index contributed by atoms with van der Waals surface area (Å²) in [6, 6.07) is 1.84. The fourth-order valence-corrected chi connectivity index (χ4v) is 2.62. The van der Waals surface area contributed by atoms with E-state index in [1.54, 1.807) is 11.8 Å². The van der Waals surface area contributed by atoms with Crippen LogP contribution in [0.5, 0.6) is 0 Å². The fraction of sp³-hybridized carbons (Fsp3) is 0.733. The number of aromatic nitrogens is 2. The molecule has 0 bridgehead atoms. The molecule has 1 heterocycles. The van der Waals surface area contributed by atoms with Crippen LogP contribution in [0.15, 0.2) is 6.07 Å². The van der Waals surface area contributed by atoms with E-state index in [-0.39, 0.29) is 18.2 Å². The van der Waals surface area contributed by atoms with Gasteiger partial charge >= 0.3 is 5.97 Å². The summed E-state index contributed by atoms with van der Waals surface area (Å²) in [5.74, 6) is 0.00718. The lowest BCUT2D eigenvalue weighted by molar-refractivity contribution is -0.0214. The first-order valence-electron chi connectivity index (χ1n) is 7.38. The maximum atomic E-state index is 12.3. The minimum absolute atomic E-state index is 0.0292. The Balaban J connectivity index is 2.12. The Hall–Kier alpha value is -1.36. The van der Waals surface area contributed by atoms with Crippen molar-refractivity contribution in [2.75, 3.05) is 7.11 Å². The number of nitrogens with zero attached hydrogens (tertiary/aromatic N) is 2. The van der Waals surface area contributed by atoms with Gasteiger partial charge in [0.15, 0.2) is 0 Å². The normalized spacial score (nSPS) is 22.4. The highest BCUT2D eigenvalue weighted by Crippen LogP contribution is 2.25. The van der Waals surface area contributed by atoms with Crippen molar-refractivity contribution >= 4 is 5.97 Å². The molecule has 5 nitrogen and oxygen atoms in total. The molecule has 0 N–H and O–H groups in total. The van der Waals surface area contributed by atoms with Crippen molar-refractivity contribution in [1.29, 1.82) is 0 Å². The maximum Gasteiger partial charge on any atom is 0.356 e. The molecule has 0 aromatic carbocycles. The van der Waals surface area contributed by atoms with Crippen molar-refractivity contribution in [1.82, 2.24) is 9.78 Å². The molecule has 1 fully saturated rings. The van der Waals surface area contributed by atoms with Crippen molar-refractivity contribution < 1.29 is 14.3 Å². The SMILES string of the molecule is CCn1nc(C(C)C)cc1C(=O)O[C@@H]1CCC[C@H]1OC. The molecule has 1 saturated carbocycles. The van der Waals surface area contributed by atoms with E-state index in [1.165, 1.54) is 0 Å². The molecular weight excluding hydrogens is 256 g/mol. The Morgan fingerprint density at radius 2 is 2.15 bits per heavy atom. The van der Waals surface area contributed by atoms with Gasteiger partial charge in [-0.25, -0.2) is 4.79 Å². The molecule has 0 saturated heterocycles. The van der Waals surface area contributed by atoms with Crippen LogP contribution in [0.3, 0.4) is 0 Å². The highest BCUT2D eigenvalue weighted by Gasteiger charge is 2.31. The van der Waals surface area contributed by atoms with Gasteiger partial charge in [-0.3, -0.25) is 4.68 Å². The summed E-state index contributed by atoms with van der Waals surface area (Å²) in [6.07, 6.45) is 2.78. The average molecular weight is 280 g/mol. The molecule has 1 aliphatic rings. The molecule has 20 heavy (non-hydrogen) atoms. The summed E-state index contributed by atoms with van der Waals surface area (Å²) in [5.41, 5.74) is 1.46. The second kappa shape index (κ2) is 6.39. The summed E-state index contributed by atoms with van der Waals surface area (Å²) in [4.78, 5) is 12.3. The number of carbonyl (C=O) groups excluding carboxylic acids is 1. The number of methoxy groups -OCH3 is 1. The number of carbonyl (C=O) groups is 1. The highest BCUT2D eigenvalue weighted by molar-refractivity contribution is 5.87. The van der Waals surface area contributed by atoms with Crippen molar-refractivity contribution in [3.63, 3.8) is 0 Å². The van der Waals surface area contributed by atoms with Gasteiger partial charge in [-0.05, 0) is 38.2 Å². The van der Waals surface area contributed by atoms with E-state index in [9.17, 15) is 4.79 Å². The monoisotopic (exact) mass is 280 g/mol. The Morgan fingerprint density at radius 3 is 2.75 bits per heavy atom. The number of esters is 1. The molecule has 0 aliphatic heterocycles. The third-order valence-electron chi connectivity index (χ3n) is 3.85. The lowest BCUT2D eigenvalue weighted by atomic mass is 10.1. The zero-order valence-electron chi connectivity index (χ0n) is 12.8. The minimum atomic E-state index is -0.291. The van der Waals surface area contributed by atoms with Crippen LogP contribution in [-0.2, 0) is 16.0 Å². The van der Waals surface area contributed by atoms with E-state index in [1.807, 2.05) is 13.0 Å². The van der Waals surface area contributed by atoms with Gasteiger partial charge in [-0.15, -0.1) is 0 Å². The van der Waals surface area contributed by atoms with Crippen molar-refractivity contribution in [2.45, 2.75) is 64.7 Å². The average Bonchev–Trinajstić information content (AvgIpc) is 3.04. The summed E-state index contributed by atoms with van der Waals surface area (Å²) in [6.45, 7) is 6.77. The van der Waals surface area contributed by atoms with E-state index in [0.717, 1.165) is 25.0 Å². The van der Waals surface area contributed by atoms with Gasteiger partial charge in [0, 0.05) is 13.7 Å².